The van der Waals surface area contributed by atoms with Gasteiger partial charge in [-0.2, -0.15) is 0 Å². The zero-order valence-electron chi connectivity index (χ0n) is 8.43. The Bertz CT molecular complexity index is 304. The molecule has 1 unspecified atom stereocenters. The predicted molar refractivity (Wildman–Crippen MR) is 55.8 cm³/mol. The molecule has 1 heterocycles. The third-order valence-electron chi connectivity index (χ3n) is 2.98. The molecule has 0 saturated heterocycles. The second-order valence-electron chi connectivity index (χ2n) is 4.03. The molecule has 1 heteroatoms. The molecule has 1 aromatic carbocycles. The highest BCUT2D eigenvalue weighted by molar-refractivity contribution is 5.35. The Kier molecular flexibility index (Phi) is 2.36. The number of nitrogens with one attached hydrogen (secondary N) is 1. The summed E-state index contributed by atoms with van der Waals surface area (Å²) in [5.41, 5.74) is 4.49. The Morgan fingerprint density at radius 3 is 3.08 bits per heavy atom. The maximum absolute atomic E-state index is 3.54. The van der Waals surface area contributed by atoms with Gasteiger partial charge >= 0.3 is 0 Å². The van der Waals surface area contributed by atoms with Crippen molar-refractivity contribution in [3.63, 3.8) is 0 Å². The number of aryl methyl sites for hydroxylation is 2. The van der Waals surface area contributed by atoms with E-state index in [0.29, 0.717) is 6.04 Å². The summed E-state index contributed by atoms with van der Waals surface area (Å²) >= 11 is 0. The van der Waals surface area contributed by atoms with Crippen LogP contribution in [0.1, 0.15) is 30.0 Å². The highest BCUT2D eigenvalue weighted by Crippen LogP contribution is 2.19. The maximum Gasteiger partial charge on any atom is 0.0213 e. The number of hydrogen-bond donors (Lipinski definition) is 1. The first-order valence-electron chi connectivity index (χ1n) is 5.08. The van der Waals surface area contributed by atoms with Crippen LogP contribution in [0.5, 0.6) is 0 Å². The lowest BCUT2D eigenvalue weighted by molar-refractivity contribution is 0.533. The summed E-state index contributed by atoms with van der Waals surface area (Å²) < 4.78 is 0. The molecule has 0 fully saturated rings. The van der Waals surface area contributed by atoms with Crippen molar-refractivity contribution in [3.8, 4) is 0 Å². The lowest BCUT2D eigenvalue weighted by atomic mass is 9.99. The van der Waals surface area contributed by atoms with Crippen molar-refractivity contribution < 1.29 is 0 Å². The Balaban J connectivity index is 2.35. The highest BCUT2D eigenvalue weighted by atomic mass is 14.9. The lowest BCUT2D eigenvalue weighted by Gasteiger charge is -2.09. The normalized spacial score (nSPS) is 22.2. The second-order valence-corrected chi connectivity index (χ2v) is 4.03. The van der Waals surface area contributed by atoms with Crippen molar-refractivity contribution >= 4 is 0 Å². The van der Waals surface area contributed by atoms with Gasteiger partial charge in [-0.15, -0.1) is 0 Å². The maximum atomic E-state index is 3.54. The van der Waals surface area contributed by atoms with Gasteiger partial charge in [0, 0.05) is 12.6 Å². The fraction of sp³-hybridized carbons (Fsp3) is 0.500. The van der Waals surface area contributed by atoms with Crippen LogP contribution in [0.3, 0.4) is 0 Å². The summed E-state index contributed by atoms with van der Waals surface area (Å²) in [7, 11) is 0. The molecule has 0 bridgehead atoms. The first-order chi connectivity index (χ1) is 6.27. The van der Waals surface area contributed by atoms with Crippen molar-refractivity contribution in [2.45, 2.75) is 39.3 Å². The average Bonchev–Trinajstić information content (AvgIpc) is 2.30. The van der Waals surface area contributed by atoms with Gasteiger partial charge in [-0.1, -0.05) is 18.2 Å². The van der Waals surface area contributed by atoms with E-state index in [4.69, 9.17) is 0 Å². The van der Waals surface area contributed by atoms with Crippen LogP contribution in [-0.4, -0.2) is 6.04 Å². The van der Waals surface area contributed by atoms with Gasteiger partial charge in [0.2, 0.25) is 0 Å². The molecule has 70 valence electrons. The minimum Gasteiger partial charge on any atom is -0.310 e. The Labute approximate surface area is 80.2 Å². The quantitative estimate of drug-likeness (QED) is 0.638. The third kappa shape index (κ3) is 1.75. The zero-order valence-corrected chi connectivity index (χ0v) is 8.43. The van der Waals surface area contributed by atoms with Gasteiger partial charge in [0.25, 0.3) is 0 Å². The van der Waals surface area contributed by atoms with Crippen molar-refractivity contribution in [3.05, 3.63) is 34.9 Å². The molecule has 1 N–H and O–H groups in total. The zero-order chi connectivity index (χ0) is 9.26. The number of hydrogen-bond acceptors (Lipinski definition) is 1. The van der Waals surface area contributed by atoms with Gasteiger partial charge in [0.05, 0.1) is 0 Å². The molecule has 2 rings (SSSR count). The summed E-state index contributed by atoms with van der Waals surface area (Å²) in [4.78, 5) is 0. The third-order valence-corrected chi connectivity index (χ3v) is 2.98. The molecule has 0 amide bonds. The molecular formula is C12H17N. The molecule has 0 saturated carbocycles. The van der Waals surface area contributed by atoms with Crippen molar-refractivity contribution in [1.29, 1.82) is 0 Å². The molecule has 0 radical (unpaired) electrons. The fourth-order valence-corrected chi connectivity index (χ4v) is 2.00. The molecule has 0 aromatic heterocycles. The van der Waals surface area contributed by atoms with Crippen LogP contribution in [0.4, 0.5) is 0 Å². The fourth-order valence-electron chi connectivity index (χ4n) is 2.00. The number of fused-ring (bicyclic) bond motifs is 1. The second kappa shape index (κ2) is 3.51. The Morgan fingerprint density at radius 1 is 1.38 bits per heavy atom. The summed E-state index contributed by atoms with van der Waals surface area (Å²) in [5, 5.41) is 3.54. The van der Waals surface area contributed by atoms with Gasteiger partial charge < -0.3 is 5.32 Å². The Morgan fingerprint density at radius 2 is 2.23 bits per heavy atom. The smallest absolute Gasteiger partial charge is 0.0213 e. The summed E-state index contributed by atoms with van der Waals surface area (Å²) in [6, 6.07) is 7.30. The van der Waals surface area contributed by atoms with Crippen LogP contribution in [-0.2, 0) is 13.0 Å². The minimum absolute atomic E-state index is 0.659. The van der Waals surface area contributed by atoms with E-state index in [0.717, 1.165) is 6.54 Å². The van der Waals surface area contributed by atoms with Gasteiger partial charge in [-0.25, -0.2) is 0 Å². The average molecular weight is 175 g/mol. The van der Waals surface area contributed by atoms with Gasteiger partial charge in [0.1, 0.15) is 0 Å². The lowest BCUT2D eigenvalue weighted by Crippen LogP contribution is -2.23. The molecule has 1 aliphatic heterocycles. The summed E-state index contributed by atoms with van der Waals surface area (Å²) in [6.07, 6.45) is 2.49. The standard InChI is InChI=1S/C12H17N/c1-9-4-3-5-11-7-6-10(2)13-8-12(9)11/h3-5,10,13H,6-8H2,1-2H3. The number of benzene rings is 1. The van der Waals surface area contributed by atoms with E-state index in [9.17, 15) is 0 Å². The van der Waals surface area contributed by atoms with Crippen molar-refractivity contribution in [1.82, 2.24) is 5.32 Å². The Hall–Kier alpha value is -0.820. The van der Waals surface area contributed by atoms with E-state index in [-0.39, 0.29) is 0 Å². The molecule has 1 aromatic rings. The molecule has 13 heavy (non-hydrogen) atoms. The first kappa shape index (κ1) is 8.76. The molecule has 1 nitrogen and oxygen atoms in total. The topological polar surface area (TPSA) is 12.0 Å². The first-order valence-corrected chi connectivity index (χ1v) is 5.08. The monoisotopic (exact) mass is 175 g/mol. The van der Waals surface area contributed by atoms with Crippen LogP contribution < -0.4 is 5.32 Å². The van der Waals surface area contributed by atoms with Crippen LogP contribution in [0.2, 0.25) is 0 Å². The van der Waals surface area contributed by atoms with Crippen LogP contribution in [0, 0.1) is 6.92 Å². The minimum atomic E-state index is 0.659. The molecule has 0 aliphatic carbocycles. The number of rotatable bonds is 0. The van der Waals surface area contributed by atoms with E-state index < -0.39 is 0 Å². The van der Waals surface area contributed by atoms with Crippen LogP contribution in [0.25, 0.3) is 0 Å². The highest BCUT2D eigenvalue weighted by Gasteiger charge is 2.12. The predicted octanol–water partition coefficient (Wildman–Crippen LogP) is 2.42. The van der Waals surface area contributed by atoms with E-state index in [1.807, 2.05) is 0 Å². The van der Waals surface area contributed by atoms with Crippen LogP contribution >= 0.6 is 0 Å². The summed E-state index contributed by atoms with van der Waals surface area (Å²) in [6.45, 7) is 5.51. The largest absolute Gasteiger partial charge is 0.310 e. The van der Waals surface area contributed by atoms with E-state index >= 15 is 0 Å². The van der Waals surface area contributed by atoms with E-state index in [2.05, 4.69) is 37.4 Å². The molecule has 0 spiro atoms. The summed E-state index contributed by atoms with van der Waals surface area (Å²) in [5.74, 6) is 0. The van der Waals surface area contributed by atoms with Crippen molar-refractivity contribution in [2.75, 3.05) is 0 Å². The SMILES string of the molecule is Cc1cccc2c1CNC(C)CC2. The van der Waals surface area contributed by atoms with E-state index in [1.165, 1.54) is 29.5 Å². The van der Waals surface area contributed by atoms with Crippen molar-refractivity contribution in [2.24, 2.45) is 0 Å². The molecule has 1 atom stereocenters. The van der Waals surface area contributed by atoms with Gasteiger partial charge in [-0.3, -0.25) is 0 Å². The van der Waals surface area contributed by atoms with Crippen LogP contribution in [0.15, 0.2) is 18.2 Å². The van der Waals surface area contributed by atoms with E-state index in [1.54, 1.807) is 0 Å². The van der Waals surface area contributed by atoms with Gasteiger partial charge in [-0.05, 0) is 43.4 Å². The van der Waals surface area contributed by atoms with Gasteiger partial charge in [0.15, 0.2) is 0 Å². The molecular weight excluding hydrogens is 158 g/mol. The molecule has 1 aliphatic rings.